The maximum atomic E-state index is 12.5. The minimum Gasteiger partial charge on any atom is -0.389 e. The van der Waals surface area contributed by atoms with E-state index in [2.05, 4.69) is 36.5 Å². The van der Waals surface area contributed by atoms with Crippen LogP contribution in [-0.4, -0.2) is 39.5 Å². The van der Waals surface area contributed by atoms with Crippen molar-refractivity contribution in [3.63, 3.8) is 0 Å². The molecular formula is C27H25N9O2. The first-order valence-corrected chi connectivity index (χ1v) is 12.3. The van der Waals surface area contributed by atoms with Crippen LogP contribution >= 0.6 is 0 Å². The van der Waals surface area contributed by atoms with Gasteiger partial charge in [0.1, 0.15) is 5.82 Å². The van der Waals surface area contributed by atoms with Crippen molar-refractivity contribution >= 4 is 10.9 Å². The van der Waals surface area contributed by atoms with Crippen LogP contribution in [0.3, 0.4) is 0 Å². The molecule has 0 fully saturated rings. The Hall–Kier alpha value is -4.77. The highest BCUT2D eigenvalue weighted by Gasteiger charge is 2.51. The molecule has 6 heterocycles. The maximum absolute atomic E-state index is 12.5. The fraction of sp³-hybridized carbons (Fsp3) is 0.222. The molecule has 0 saturated heterocycles. The Morgan fingerprint density at radius 1 is 1.05 bits per heavy atom. The van der Waals surface area contributed by atoms with E-state index in [1.165, 1.54) is 4.68 Å². The molecule has 1 unspecified atom stereocenters. The first kappa shape index (κ1) is 22.4. The minimum atomic E-state index is -1.12. The minimum absolute atomic E-state index is 0.225. The van der Waals surface area contributed by atoms with E-state index >= 15 is 0 Å². The van der Waals surface area contributed by atoms with Gasteiger partial charge in [0.05, 0.1) is 35.5 Å². The molecule has 11 heteroatoms. The van der Waals surface area contributed by atoms with E-state index in [-0.39, 0.29) is 11.9 Å². The summed E-state index contributed by atoms with van der Waals surface area (Å²) in [4.78, 5) is 28.9. The monoisotopic (exact) mass is 507 g/mol. The Bertz CT molecular complexity index is 1850. The lowest BCUT2D eigenvalue weighted by atomic mass is 9.79. The van der Waals surface area contributed by atoms with E-state index in [0.29, 0.717) is 6.42 Å². The number of hydrogen-bond donors (Lipinski definition) is 3. The van der Waals surface area contributed by atoms with Crippen molar-refractivity contribution in [1.82, 2.24) is 44.8 Å². The lowest BCUT2D eigenvalue weighted by molar-refractivity contribution is 0.284. The molecule has 0 aliphatic carbocycles. The second-order valence-electron chi connectivity index (χ2n) is 9.78. The second-order valence-corrected chi connectivity index (χ2v) is 9.78. The summed E-state index contributed by atoms with van der Waals surface area (Å²) in [5.41, 5.74) is 5.31. The fourth-order valence-corrected chi connectivity index (χ4v) is 5.39. The number of fused-ring (bicyclic) bond motifs is 3. The largest absolute Gasteiger partial charge is 0.436 e. The second kappa shape index (κ2) is 8.12. The normalized spacial score (nSPS) is 19.2. The van der Waals surface area contributed by atoms with Crippen molar-refractivity contribution in [2.75, 3.05) is 0 Å². The molecule has 1 aliphatic rings. The highest BCUT2D eigenvalue weighted by molar-refractivity contribution is 5.86. The number of hydrogen-bond acceptors (Lipinski definition) is 7. The summed E-state index contributed by atoms with van der Waals surface area (Å²) >= 11 is 0. The first-order chi connectivity index (χ1) is 18.4. The summed E-state index contributed by atoms with van der Waals surface area (Å²) in [5, 5.41) is 13.8. The molecule has 0 radical (unpaired) electrons. The van der Waals surface area contributed by atoms with E-state index in [1.54, 1.807) is 24.1 Å². The average molecular weight is 508 g/mol. The van der Waals surface area contributed by atoms with E-state index in [9.17, 15) is 4.79 Å². The van der Waals surface area contributed by atoms with Gasteiger partial charge < -0.3 is 14.4 Å². The Morgan fingerprint density at radius 2 is 1.92 bits per heavy atom. The topological polar surface area (TPSA) is 135 Å². The number of imidazole rings is 1. The quantitative estimate of drug-likeness (QED) is 0.334. The number of benzene rings is 1. The summed E-state index contributed by atoms with van der Waals surface area (Å²) in [6.45, 7) is 2.01. The molecule has 0 bridgehead atoms. The van der Waals surface area contributed by atoms with Crippen LogP contribution in [-0.2, 0) is 26.1 Å². The van der Waals surface area contributed by atoms with Crippen LogP contribution < -0.4 is 11.1 Å². The molecule has 7 rings (SSSR count). The van der Waals surface area contributed by atoms with E-state index in [0.717, 1.165) is 50.5 Å². The number of aromatic amines is 2. The molecule has 5 aromatic heterocycles. The number of aromatic nitrogens is 8. The van der Waals surface area contributed by atoms with Crippen molar-refractivity contribution < 1.29 is 4.42 Å². The van der Waals surface area contributed by atoms with Gasteiger partial charge in [-0.25, -0.2) is 9.78 Å². The van der Waals surface area contributed by atoms with Crippen molar-refractivity contribution in [2.45, 2.75) is 24.9 Å². The molecule has 11 nitrogen and oxygen atoms in total. The first-order valence-electron chi connectivity index (χ1n) is 12.3. The Balaban J connectivity index is 1.46. The van der Waals surface area contributed by atoms with Crippen LogP contribution in [0.25, 0.3) is 22.3 Å². The Morgan fingerprint density at radius 3 is 2.66 bits per heavy atom. The molecule has 1 aromatic carbocycles. The van der Waals surface area contributed by atoms with Gasteiger partial charge in [0, 0.05) is 43.0 Å². The molecule has 0 spiro atoms. The van der Waals surface area contributed by atoms with Gasteiger partial charge in [0.25, 0.3) is 0 Å². The number of nitrogens with one attached hydrogen (secondary N) is 3. The van der Waals surface area contributed by atoms with Gasteiger partial charge in [-0.15, -0.1) is 5.10 Å². The zero-order chi connectivity index (χ0) is 26.0. The standard InChI is InChI=1S/C27H25N9O2/c1-15-8-9-20(28-11-15)22-13-29-24(32-22)21-10-18-17-6-4-5-7-19(17)31-23(18)27(33-21,16-12-30-35(2)14-16)25-34-36(3)26(37)38-25/h4-9,11-14,21,31,33H,10H2,1-3H3,(H,29,32)/t21-,27?/m1/s1. The smallest absolute Gasteiger partial charge is 0.389 e. The van der Waals surface area contributed by atoms with E-state index < -0.39 is 11.3 Å². The highest BCUT2D eigenvalue weighted by atomic mass is 16.4. The van der Waals surface area contributed by atoms with Gasteiger partial charge in [-0.05, 0) is 36.6 Å². The summed E-state index contributed by atoms with van der Waals surface area (Å²) in [6.07, 6.45) is 7.95. The fourth-order valence-electron chi connectivity index (χ4n) is 5.39. The zero-order valence-corrected chi connectivity index (χ0v) is 21.1. The highest BCUT2D eigenvalue weighted by Crippen LogP contribution is 2.45. The number of H-pyrrole nitrogens is 2. The predicted molar refractivity (Wildman–Crippen MR) is 139 cm³/mol. The van der Waals surface area contributed by atoms with Gasteiger partial charge in [-0.3, -0.25) is 15.0 Å². The molecule has 0 saturated carbocycles. The van der Waals surface area contributed by atoms with E-state index in [1.807, 2.05) is 56.7 Å². The van der Waals surface area contributed by atoms with Crippen molar-refractivity contribution in [2.24, 2.45) is 14.1 Å². The van der Waals surface area contributed by atoms with Crippen LogP contribution in [0.4, 0.5) is 0 Å². The third kappa shape index (κ3) is 3.28. The number of para-hydroxylation sites is 1. The number of aryl methyl sites for hydroxylation is 3. The van der Waals surface area contributed by atoms with Gasteiger partial charge >= 0.3 is 5.76 Å². The third-order valence-corrected chi connectivity index (χ3v) is 7.25. The molecule has 190 valence electrons. The molecule has 38 heavy (non-hydrogen) atoms. The van der Waals surface area contributed by atoms with Crippen molar-refractivity contribution in [3.8, 4) is 11.4 Å². The van der Waals surface area contributed by atoms with Crippen LogP contribution in [0.15, 0.2) is 70.4 Å². The van der Waals surface area contributed by atoms with Crippen LogP contribution in [0.2, 0.25) is 0 Å². The summed E-state index contributed by atoms with van der Waals surface area (Å²) in [5.74, 6) is 0.419. The average Bonchev–Trinajstić information content (AvgIpc) is 3.71. The van der Waals surface area contributed by atoms with Gasteiger partial charge in [0.15, 0.2) is 5.54 Å². The number of nitrogens with zero attached hydrogens (tertiary/aromatic N) is 6. The Kier molecular flexibility index (Phi) is 4.79. The SMILES string of the molecule is Cc1ccc(-c2cnc([C@H]3Cc4c([nH]c5ccccc45)C(c4cnn(C)c4)(c4nn(C)c(=O)o4)N3)[nH]2)nc1. The lowest BCUT2D eigenvalue weighted by Gasteiger charge is -2.38. The van der Waals surface area contributed by atoms with Gasteiger partial charge in [0.2, 0.25) is 5.89 Å². The van der Waals surface area contributed by atoms with Crippen LogP contribution in [0, 0.1) is 6.92 Å². The van der Waals surface area contributed by atoms with Crippen molar-refractivity contribution in [1.29, 1.82) is 0 Å². The predicted octanol–water partition coefficient (Wildman–Crippen LogP) is 2.86. The molecule has 3 N–H and O–H groups in total. The molecule has 1 aliphatic heterocycles. The number of rotatable bonds is 4. The summed E-state index contributed by atoms with van der Waals surface area (Å²) < 4.78 is 8.71. The summed E-state index contributed by atoms with van der Waals surface area (Å²) in [6, 6.07) is 11.9. The molecular weight excluding hydrogens is 482 g/mol. The third-order valence-electron chi connectivity index (χ3n) is 7.25. The van der Waals surface area contributed by atoms with Crippen LogP contribution in [0.5, 0.6) is 0 Å². The van der Waals surface area contributed by atoms with Crippen molar-refractivity contribution in [3.05, 3.63) is 106 Å². The molecule has 0 amide bonds. The van der Waals surface area contributed by atoms with E-state index in [4.69, 9.17) is 9.40 Å². The number of pyridine rings is 1. The van der Waals surface area contributed by atoms with Gasteiger partial charge in [-0.2, -0.15) is 9.78 Å². The zero-order valence-electron chi connectivity index (χ0n) is 21.1. The van der Waals surface area contributed by atoms with Gasteiger partial charge in [-0.1, -0.05) is 24.3 Å². The summed E-state index contributed by atoms with van der Waals surface area (Å²) in [7, 11) is 3.43. The van der Waals surface area contributed by atoms with Crippen LogP contribution in [0.1, 0.15) is 40.1 Å². The Labute approximate surface area is 216 Å². The molecule has 6 aromatic rings. The lowest BCUT2D eigenvalue weighted by Crippen LogP contribution is -2.51. The molecule has 2 atom stereocenters. The maximum Gasteiger partial charge on any atom is 0.436 e.